The smallest absolute Gasteiger partial charge is 0.0154 e. The Balaban J connectivity index is 2.06. The van der Waals surface area contributed by atoms with Crippen LogP contribution >= 0.6 is 9.24 Å². The first-order valence-electron chi connectivity index (χ1n) is 7.17. The van der Waals surface area contributed by atoms with Crippen LogP contribution in [-0.2, 0) is 0 Å². The Kier molecular flexibility index (Phi) is 3.90. The van der Waals surface area contributed by atoms with Gasteiger partial charge in [0.1, 0.15) is 0 Å². The summed E-state index contributed by atoms with van der Waals surface area (Å²) in [5, 5.41) is 1.23. The molecular weight excluding hydrogens is 271 g/mol. The summed E-state index contributed by atoms with van der Waals surface area (Å²) in [6.45, 7) is 4.33. The first kappa shape index (κ1) is 14.0. The van der Waals surface area contributed by atoms with Gasteiger partial charge in [-0.15, -0.1) is 9.24 Å². The minimum Gasteiger partial charge on any atom is -0.106 e. The van der Waals surface area contributed by atoms with E-state index in [2.05, 4.69) is 89.8 Å². The van der Waals surface area contributed by atoms with Crippen LogP contribution in [0.4, 0.5) is 0 Å². The molecule has 0 aliphatic carbocycles. The summed E-state index contributed by atoms with van der Waals surface area (Å²) in [7, 11) is 2.79. The monoisotopic (exact) mass is 290 g/mol. The highest BCUT2D eigenvalue weighted by molar-refractivity contribution is 7.27. The SMILES string of the molecule is Cc1cc(P)cc(-c2ccc(-c3ccccc3)cc2C)c1. The molecule has 1 heteroatoms. The second-order valence-electron chi connectivity index (χ2n) is 5.53. The first-order valence-corrected chi connectivity index (χ1v) is 7.75. The summed E-state index contributed by atoms with van der Waals surface area (Å²) < 4.78 is 0. The number of benzene rings is 3. The third kappa shape index (κ3) is 3.06. The maximum absolute atomic E-state index is 2.79. The maximum Gasteiger partial charge on any atom is -0.0154 e. The highest BCUT2D eigenvalue weighted by Gasteiger charge is 2.05. The Morgan fingerprint density at radius 2 is 1.43 bits per heavy atom. The zero-order chi connectivity index (χ0) is 14.8. The van der Waals surface area contributed by atoms with E-state index in [1.54, 1.807) is 0 Å². The van der Waals surface area contributed by atoms with E-state index in [-0.39, 0.29) is 0 Å². The molecule has 3 aromatic carbocycles. The predicted octanol–water partition coefficient (Wildman–Crippen LogP) is 5.14. The molecular formula is C20H19P. The van der Waals surface area contributed by atoms with Crippen LogP contribution < -0.4 is 5.30 Å². The van der Waals surface area contributed by atoms with Gasteiger partial charge in [-0.25, -0.2) is 0 Å². The fourth-order valence-corrected chi connectivity index (χ4v) is 3.21. The molecule has 0 saturated heterocycles. The Bertz CT molecular complexity index is 753. The molecule has 0 amide bonds. The Labute approximate surface area is 129 Å². The molecule has 3 aromatic rings. The molecule has 0 aromatic heterocycles. The molecule has 0 heterocycles. The number of hydrogen-bond acceptors (Lipinski definition) is 0. The molecule has 0 saturated carbocycles. The average Bonchev–Trinajstić information content (AvgIpc) is 2.47. The molecule has 0 bridgehead atoms. The van der Waals surface area contributed by atoms with Gasteiger partial charge in [0, 0.05) is 0 Å². The third-order valence-corrected chi connectivity index (χ3v) is 4.08. The zero-order valence-electron chi connectivity index (χ0n) is 12.4. The van der Waals surface area contributed by atoms with E-state index in [0.29, 0.717) is 0 Å². The van der Waals surface area contributed by atoms with Gasteiger partial charge in [0.25, 0.3) is 0 Å². The first-order chi connectivity index (χ1) is 10.1. The molecule has 104 valence electrons. The molecule has 0 nitrogen and oxygen atoms in total. The minimum atomic E-state index is 1.23. The van der Waals surface area contributed by atoms with Gasteiger partial charge in [-0.05, 0) is 58.6 Å². The summed E-state index contributed by atoms with van der Waals surface area (Å²) in [5.74, 6) is 0. The molecule has 3 rings (SSSR count). The van der Waals surface area contributed by atoms with Gasteiger partial charge in [0.15, 0.2) is 0 Å². The van der Waals surface area contributed by atoms with Crippen LogP contribution in [0.2, 0.25) is 0 Å². The van der Waals surface area contributed by atoms with Crippen LogP contribution in [0, 0.1) is 13.8 Å². The summed E-state index contributed by atoms with van der Waals surface area (Å²) >= 11 is 0. The Hall–Kier alpha value is -1.91. The average molecular weight is 290 g/mol. The van der Waals surface area contributed by atoms with E-state index in [0.717, 1.165) is 0 Å². The Morgan fingerprint density at radius 1 is 0.667 bits per heavy atom. The van der Waals surface area contributed by atoms with E-state index >= 15 is 0 Å². The summed E-state index contributed by atoms with van der Waals surface area (Å²) in [5.41, 5.74) is 7.74. The molecule has 1 atom stereocenters. The number of rotatable bonds is 2. The summed E-state index contributed by atoms with van der Waals surface area (Å²) in [6.07, 6.45) is 0. The highest BCUT2D eigenvalue weighted by atomic mass is 31.0. The number of aryl methyl sites for hydroxylation is 2. The van der Waals surface area contributed by atoms with Crippen LogP contribution in [0.25, 0.3) is 22.3 Å². The molecule has 0 fully saturated rings. The molecule has 0 aliphatic rings. The van der Waals surface area contributed by atoms with Gasteiger partial charge >= 0.3 is 0 Å². The van der Waals surface area contributed by atoms with E-state index in [9.17, 15) is 0 Å². The van der Waals surface area contributed by atoms with Gasteiger partial charge in [0.05, 0.1) is 0 Å². The minimum absolute atomic E-state index is 1.23. The van der Waals surface area contributed by atoms with E-state index in [4.69, 9.17) is 0 Å². The van der Waals surface area contributed by atoms with Gasteiger partial charge < -0.3 is 0 Å². The van der Waals surface area contributed by atoms with Gasteiger partial charge in [0.2, 0.25) is 0 Å². The maximum atomic E-state index is 2.79. The van der Waals surface area contributed by atoms with Crippen LogP contribution in [0.3, 0.4) is 0 Å². The standard InChI is InChI=1S/C20H19P/c1-14-10-18(13-19(21)11-14)20-9-8-17(12-15(20)2)16-6-4-3-5-7-16/h3-13H,21H2,1-2H3. The van der Waals surface area contributed by atoms with Gasteiger partial charge in [-0.3, -0.25) is 0 Å². The lowest BCUT2D eigenvalue weighted by Gasteiger charge is -2.11. The molecule has 0 spiro atoms. The van der Waals surface area contributed by atoms with Crippen molar-refractivity contribution in [2.45, 2.75) is 13.8 Å². The van der Waals surface area contributed by atoms with Crippen LogP contribution in [0.15, 0.2) is 66.7 Å². The van der Waals surface area contributed by atoms with E-state index < -0.39 is 0 Å². The van der Waals surface area contributed by atoms with Gasteiger partial charge in [-0.2, -0.15) is 0 Å². The van der Waals surface area contributed by atoms with Crippen molar-refractivity contribution in [1.82, 2.24) is 0 Å². The molecule has 0 N–H and O–H groups in total. The summed E-state index contributed by atoms with van der Waals surface area (Å²) in [4.78, 5) is 0. The normalized spacial score (nSPS) is 10.6. The van der Waals surface area contributed by atoms with Crippen molar-refractivity contribution in [2.24, 2.45) is 0 Å². The molecule has 21 heavy (non-hydrogen) atoms. The highest BCUT2D eigenvalue weighted by Crippen LogP contribution is 2.28. The molecule has 1 unspecified atom stereocenters. The Morgan fingerprint density at radius 3 is 2.10 bits per heavy atom. The zero-order valence-corrected chi connectivity index (χ0v) is 13.6. The fourth-order valence-electron chi connectivity index (χ4n) is 2.77. The largest absolute Gasteiger partial charge is 0.106 e. The quantitative estimate of drug-likeness (QED) is 0.573. The van der Waals surface area contributed by atoms with Gasteiger partial charge in [-0.1, -0.05) is 60.7 Å². The third-order valence-electron chi connectivity index (χ3n) is 3.74. The molecule has 0 radical (unpaired) electrons. The van der Waals surface area contributed by atoms with Crippen molar-refractivity contribution in [2.75, 3.05) is 0 Å². The van der Waals surface area contributed by atoms with Crippen molar-refractivity contribution < 1.29 is 0 Å². The number of hydrogen-bond donors (Lipinski definition) is 0. The van der Waals surface area contributed by atoms with Crippen molar-refractivity contribution in [1.29, 1.82) is 0 Å². The predicted molar refractivity (Wildman–Crippen MR) is 96.1 cm³/mol. The van der Waals surface area contributed by atoms with Crippen molar-refractivity contribution >= 4 is 14.5 Å². The van der Waals surface area contributed by atoms with Crippen LogP contribution in [-0.4, -0.2) is 0 Å². The lowest BCUT2D eigenvalue weighted by molar-refractivity contribution is 1.43. The van der Waals surface area contributed by atoms with Crippen molar-refractivity contribution in [3.05, 3.63) is 77.9 Å². The lowest BCUT2D eigenvalue weighted by atomic mass is 9.95. The fraction of sp³-hybridized carbons (Fsp3) is 0.100. The van der Waals surface area contributed by atoms with E-state index in [1.807, 2.05) is 0 Å². The summed E-state index contributed by atoms with van der Waals surface area (Å²) in [6, 6.07) is 23.9. The van der Waals surface area contributed by atoms with Crippen LogP contribution in [0.1, 0.15) is 11.1 Å². The topological polar surface area (TPSA) is 0 Å². The van der Waals surface area contributed by atoms with E-state index in [1.165, 1.54) is 38.7 Å². The van der Waals surface area contributed by atoms with Crippen molar-refractivity contribution in [3.63, 3.8) is 0 Å². The van der Waals surface area contributed by atoms with Crippen molar-refractivity contribution in [3.8, 4) is 22.3 Å². The lowest BCUT2D eigenvalue weighted by Crippen LogP contribution is -1.94. The molecule has 0 aliphatic heterocycles. The second-order valence-corrected chi connectivity index (χ2v) is 6.19. The van der Waals surface area contributed by atoms with Crippen LogP contribution in [0.5, 0.6) is 0 Å². The second kappa shape index (κ2) is 5.84.